The van der Waals surface area contributed by atoms with Gasteiger partial charge in [0, 0.05) is 0 Å². The summed E-state index contributed by atoms with van der Waals surface area (Å²) >= 11 is 0. The summed E-state index contributed by atoms with van der Waals surface area (Å²) in [6.07, 6.45) is 0. The van der Waals surface area contributed by atoms with Crippen molar-refractivity contribution in [2.24, 2.45) is 0 Å². The summed E-state index contributed by atoms with van der Waals surface area (Å²) in [7, 11) is 0. The zero-order valence-corrected chi connectivity index (χ0v) is 10.1. The minimum atomic E-state index is -2.24. The molecule has 0 aromatic heterocycles. The molecule has 0 spiro atoms. The Bertz CT molecular complexity index is 680. The Morgan fingerprint density at radius 3 is 0.864 bits per heavy atom. The van der Waals surface area contributed by atoms with Crippen molar-refractivity contribution in [2.45, 2.75) is 0 Å². The standard InChI is InChI=1S/C12H4F6O4/c13-3-1(9(19)5(15)7(17)11(3)21)2-4(14)12(22)8(18)6(16)10(2)20/h19-22H. The van der Waals surface area contributed by atoms with Crippen LogP contribution in [0.25, 0.3) is 11.1 Å². The summed E-state index contributed by atoms with van der Waals surface area (Å²) in [6.45, 7) is 0. The highest BCUT2D eigenvalue weighted by Crippen LogP contribution is 2.47. The molecule has 4 N–H and O–H groups in total. The van der Waals surface area contributed by atoms with Gasteiger partial charge in [-0.1, -0.05) is 0 Å². The molecule has 22 heavy (non-hydrogen) atoms. The van der Waals surface area contributed by atoms with E-state index in [2.05, 4.69) is 0 Å². The third kappa shape index (κ3) is 1.87. The fourth-order valence-corrected chi connectivity index (χ4v) is 1.73. The number of phenolic OH excluding ortho intramolecular Hbond substituents is 4. The van der Waals surface area contributed by atoms with Crippen LogP contribution < -0.4 is 0 Å². The van der Waals surface area contributed by atoms with Gasteiger partial charge in [-0.15, -0.1) is 0 Å². The highest BCUT2D eigenvalue weighted by atomic mass is 19.2. The Kier molecular flexibility index (Phi) is 3.47. The first kappa shape index (κ1) is 15.6. The van der Waals surface area contributed by atoms with E-state index in [1.807, 2.05) is 0 Å². The second-order valence-corrected chi connectivity index (χ2v) is 4.03. The maximum absolute atomic E-state index is 13.7. The van der Waals surface area contributed by atoms with E-state index in [1.165, 1.54) is 0 Å². The van der Waals surface area contributed by atoms with E-state index < -0.39 is 69.0 Å². The van der Waals surface area contributed by atoms with Crippen LogP contribution in [0.2, 0.25) is 0 Å². The molecule has 0 bridgehead atoms. The number of aromatic hydroxyl groups is 4. The number of phenols is 4. The number of hydrogen-bond acceptors (Lipinski definition) is 4. The Hall–Kier alpha value is -2.78. The molecular weight excluding hydrogens is 322 g/mol. The summed E-state index contributed by atoms with van der Waals surface area (Å²) in [4.78, 5) is 0. The smallest absolute Gasteiger partial charge is 0.207 e. The molecule has 0 aliphatic rings. The first-order valence-corrected chi connectivity index (χ1v) is 5.28. The lowest BCUT2D eigenvalue weighted by atomic mass is 10.00. The summed E-state index contributed by atoms with van der Waals surface area (Å²) in [5.74, 6) is -21.2. The Morgan fingerprint density at radius 2 is 0.591 bits per heavy atom. The van der Waals surface area contributed by atoms with Crippen LogP contribution >= 0.6 is 0 Å². The van der Waals surface area contributed by atoms with Gasteiger partial charge in [-0.05, 0) is 0 Å². The molecule has 118 valence electrons. The summed E-state index contributed by atoms with van der Waals surface area (Å²) in [5.41, 5.74) is -3.42. The Morgan fingerprint density at radius 1 is 0.364 bits per heavy atom. The molecule has 0 radical (unpaired) electrons. The van der Waals surface area contributed by atoms with Crippen LogP contribution in [0.15, 0.2) is 0 Å². The molecule has 0 saturated carbocycles. The van der Waals surface area contributed by atoms with Gasteiger partial charge in [0.05, 0.1) is 11.1 Å². The normalized spacial score (nSPS) is 11.0. The maximum Gasteiger partial charge on any atom is 0.207 e. The van der Waals surface area contributed by atoms with Gasteiger partial charge in [0.15, 0.2) is 34.6 Å². The summed E-state index contributed by atoms with van der Waals surface area (Å²) < 4.78 is 80.0. The minimum absolute atomic E-state index is 1.71. The maximum atomic E-state index is 13.7. The van der Waals surface area contributed by atoms with Crippen molar-refractivity contribution < 1.29 is 46.8 Å². The van der Waals surface area contributed by atoms with Crippen molar-refractivity contribution in [3.63, 3.8) is 0 Å². The van der Waals surface area contributed by atoms with Gasteiger partial charge in [0.2, 0.25) is 23.3 Å². The molecule has 0 amide bonds. The Labute approximate surface area is 117 Å². The molecule has 0 unspecified atom stereocenters. The van der Waals surface area contributed by atoms with Crippen LogP contribution in [0.1, 0.15) is 0 Å². The molecule has 2 rings (SSSR count). The second kappa shape index (κ2) is 4.90. The fourth-order valence-electron chi connectivity index (χ4n) is 1.73. The molecule has 0 heterocycles. The van der Waals surface area contributed by atoms with Crippen LogP contribution in [0.5, 0.6) is 23.0 Å². The lowest BCUT2D eigenvalue weighted by molar-refractivity contribution is 0.345. The van der Waals surface area contributed by atoms with Crippen molar-refractivity contribution >= 4 is 0 Å². The van der Waals surface area contributed by atoms with Crippen LogP contribution in [-0.4, -0.2) is 20.4 Å². The van der Waals surface area contributed by atoms with Crippen molar-refractivity contribution in [1.29, 1.82) is 0 Å². The molecule has 2 aromatic rings. The van der Waals surface area contributed by atoms with Crippen LogP contribution in [0.4, 0.5) is 26.3 Å². The average Bonchev–Trinajstić information content (AvgIpc) is 2.50. The van der Waals surface area contributed by atoms with Crippen molar-refractivity contribution in [1.82, 2.24) is 0 Å². The van der Waals surface area contributed by atoms with E-state index in [4.69, 9.17) is 10.2 Å². The second-order valence-electron chi connectivity index (χ2n) is 4.03. The predicted molar refractivity (Wildman–Crippen MR) is 58.3 cm³/mol. The third-order valence-corrected chi connectivity index (χ3v) is 2.80. The van der Waals surface area contributed by atoms with Crippen molar-refractivity contribution in [2.75, 3.05) is 0 Å². The van der Waals surface area contributed by atoms with Gasteiger partial charge in [0.25, 0.3) is 0 Å². The van der Waals surface area contributed by atoms with Gasteiger partial charge >= 0.3 is 0 Å². The highest BCUT2D eigenvalue weighted by Gasteiger charge is 2.33. The third-order valence-electron chi connectivity index (χ3n) is 2.80. The molecule has 0 saturated heterocycles. The van der Waals surface area contributed by atoms with Crippen molar-refractivity contribution in [3.8, 4) is 34.1 Å². The molecule has 0 aliphatic heterocycles. The number of benzene rings is 2. The van der Waals surface area contributed by atoms with E-state index in [9.17, 15) is 36.6 Å². The lowest BCUT2D eigenvalue weighted by Gasteiger charge is -2.14. The number of rotatable bonds is 1. The van der Waals surface area contributed by atoms with Crippen LogP contribution in [0, 0.1) is 34.9 Å². The molecular formula is C12H4F6O4. The van der Waals surface area contributed by atoms with Gasteiger partial charge in [-0.25, -0.2) is 8.78 Å². The molecule has 0 fully saturated rings. The zero-order valence-electron chi connectivity index (χ0n) is 10.1. The first-order chi connectivity index (χ1) is 10.1. The topological polar surface area (TPSA) is 80.9 Å². The number of hydrogen-bond donors (Lipinski definition) is 4. The van der Waals surface area contributed by atoms with Gasteiger partial charge < -0.3 is 20.4 Å². The highest BCUT2D eigenvalue weighted by molar-refractivity contribution is 5.79. The molecule has 0 atom stereocenters. The molecule has 4 nitrogen and oxygen atoms in total. The van der Waals surface area contributed by atoms with Crippen molar-refractivity contribution in [3.05, 3.63) is 34.9 Å². The predicted octanol–water partition coefficient (Wildman–Crippen LogP) is 3.01. The summed E-state index contributed by atoms with van der Waals surface area (Å²) in [6, 6.07) is 0. The van der Waals surface area contributed by atoms with E-state index in [0.29, 0.717) is 0 Å². The van der Waals surface area contributed by atoms with Crippen LogP contribution in [-0.2, 0) is 0 Å². The molecule has 10 heteroatoms. The average molecular weight is 326 g/mol. The monoisotopic (exact) mass is 326 g/mol. The van der Waals surface area contributed by atoms with Gasteiger partial charge in [-0.2, -0.15) is 17.6 Å². The number of halogens is 6. The zero-order chi connectivity index (χ0) is 16.9. The largest absolute Gasteiger partial charge is 0.504 e. The van der Waals surface area contributed by atoms with Crippen LogP contribution in [0.3, 0.4) is 0 Å². The van der Waals surface area contributed by atoms with E-state index >= 15 is 0 Å². The first-order valence-electron chi connectivity index (χ1n) is 5.28. The lowest BCUT2D eigenvalue weighted by Crippen LogP contribution is -2.00. The van der Waals surface area contributed by atoms with E-state index in [0.717, 1.165) is 0 Å². The minimum Gasteiger partial charge on any atom is -0.504 e. The van der Waals surface area contributed by atoms with Gasteiger partial charge in [-0.3, -0.25) is 0 Å². The molecule has 0 aliphatic carbocycles. The quantitative estimate of drug-likeness (QED) is 0.369. The summed E-state index contributed by atoms with van der Waals surface area (Å²) in [5, 5.41) is 36.6. The Balaban J connectivity index is 3.03. The van der Waals surface area contributed by atoms with Gasteiger partial charge in [0.1, 0.15) is 0 Å². The van der Waals surface area contributed by atoms with E-state index in [-0.39, 0.29) is 0 Å². The van der Waals surface area contributed by atoms with E-state index in [1.54, 1.807) is 0 Å². The SMILES string of the molecule is Oc1c(F)c(F)c(O)c(-c2c(O)c(F)c(F)c(O)c2F)c1F. The fraction of sp³-hybridized carbons (Fsp3) is 0. The molecule has 2 aromatic carbocycles.